The van der Waals surface area contributed by atoms with Gasteiger partial charge in [0.25, 0.3) is 11.5 Å². The van der Waals surface area contributed by atoms with E-state index in [9.17, 15) is 14.4 Å². The number of aryl methyl sites for hydroxylation is 2. The molecule has 0 N–H and O–H groups in total. The van der Waals surface area contributed by atoms with Crippen molar-refractivity contribution >= 4 is 16.9 Å². The van der Waals surface area contributed by atoms with E-state index in [1.165, 1.54) is 0 Å². The number of aromatic nitrogens is 1. The Hall–Kier alpha value is -3.55. The second-order valence-corrected chi connectivity index (χ2v) is 11.9. The van der Waals surface area contributed by atoms with Crippen LogP contribution in [0, 0.1) is 5.92 Å². The highest BCUT2D eigenvalue weighted by Gasteiger charge is 2.37. The number of amides is 1. The van der Waals surface area contributed by atoms with Gasteiger partial charge in [-0.2, -0.15) is 0 Å². The van der Waals surface area contributed by atoms with Crippen LogP contribution in [-0.4, -0.2) is 40.7 Å². The molecule has 7 rings (SSSR count). The molecular weight excluding hydrogens is 484 g/mol. The number of hydrogen-bond acceptors (Lipinski definition) is 6. The molecule has 4 aliphatic rings. The van der Waals surface area contributed by atoms with E-state index in [1.54, 1.807) is 12.1 Å². The number of fused-ring (bicyclic) bond motifs is 9. The predicted molar refractivity (Wildman–Crippen MR) is 141 cm³/mol. The van der Waals surface area contributed by atoms with Gasteiger partial charge < -0.3 is 23.4 Å². The Labute approximate surface area is 220 Å². The standard InChI is InChI=1S/C30H32N2O6/c1-30(2)10-9-21-23(38-30)12-24(27-19-5-3-6-20(19)29(35)37-28(21)27)36-16-26(34)31-13-17-11-18(15-31)22-7-4-8-25(33)32(22)14-17/h4,7-8,12,17-18H,3,5-6,9-11,13-16H2,1-2H3/t17-,18+/m1/s1. The molecule has 2 bridgehead atoms. The SMILES string of the molecule is CC1(C)CCc2c(cc(OCC(=O)N3C[C@H]4C[C@@H](C3)c3cccc(=O)n3C4)c3c4c(c(=O)oc23)CCC4)O1. The Morgan fingerprint density at radius 3 is 2.79 bits per heavy atom. The maximum atomic E-state index is 13.4. The molecule has 1 aliphatic carbocycles. The van der Waals surface area contributed by atoms with Gasteiger partial charge in [-0.05, 0) is 69.9 Å². The third-order valence-electron chi connectivity index (χ3n) is 8.81. The number of ether oxygens (including phenoxy) is 2. The molecule has 8 nitrogen and oxygen atoms in total. The number of piperidine rings is 1. The summed E-state index contributed by atoms with van der Waals surface area (Å²) in [5.74, 6) is 1.53. The lowest BCUT2D eigenvalue weighted by Crippen LogP contribution is -2.50. The van der Waals surface area contributed by atoms with Crippen molar-refractivity contribution in [2.75, 3.05) is 19.7 Å². The minimum Gasteiger partial charge on any atom is -0.487 e. The predicted octanol–water partition coefficient (Wildman–Crippen LogP) is 3.57. The highest BCUT2D eigenvalue weighted by molar-refractivity contribution is 5.93. The quantitative estimate of drug-likeness (QED) is 0.495. The van der Waals surface area contributed by atoms with Crippen LogP contribution in [0.25, 0.3) is 11.0 Å². The highest BCUT2D eigenvalue weighted by Crippen LogP contribution is 2.44. The fourth-order valence-corrected chi connectivity index (χ4v) is 7.00. The first-order valence-corrected chi connectivity index (χ1v) is 13.7. The van der Waals surface area contributed by atoms with Crippen LogP contribution in [0.4, 0.5) is 0 Å². The van der Waals surface area contributed by atoms with E-state index in [0.29, 0.717) is 43.1 Å². The molecule has 1 aromatic carbocycles. The lowest BCUT2D eigenvalue weighted by Gasteiger charge is -2.42. The lowest BCUT2D eigenvalue weighted by atomic mass is 9.83. The van der Waals surface area contributed by atoms with Crippen LogP contribution in [-0.2, 0) is 30.6 Å². The second kappa shape index (κ2) is 8.48. The number of likely N-dealkylation sites (tertiary alicyclic amines) is 1. The number of benzene rings is 1. The number of rotatable bonds is 3. The number of carbonyl (C=O) groups excluding carboxylic acids is 1. The molecule has 0 unspecified atom stereocenters. The minimum atomic E-state index is -0.339. The third kappa shape index (κ3) is 3.76. The Morgan fingerprint density at radius 1 is 1.08 bits per heavy atom. The van der Waals surface area contributed by atoms with Gasteiger partial charge in [-0.25, -0.2) is 4.79 Å². The zero-order chi connectivity index (χ0) is 26.2. The first-order chi connectivity index (χ1) is 18.3. The van der Waals surface area contributed by atoms with Crippen molar-refractivity contribution in [2.45, 2.75) is 70.4 Å². The van der Waals surface area contributed by atoms with Crippen molar-refractivity contribution in [3.8, 4) is 11.5 Å². The molecular formula is C30H32N2O6. The van der Waals surface area contributed by atoms with Crippen molar-refractivity contribution in [3.63, 3.8) is 0 Å². The molecule has 1 fully saturated rings. The van der Waals surface area contributed by atoms with Crippen LogP contribution < -0.4 is 20.7 Å². The molecule has 3 aromatic rings. The molecule has 2 aromatic heterocycles. The summed E-state index contributed by atoms with van der Waals surface area (Å²) in [6.45, 7) is 5.82. The van der Waals surface area contributed by atoms with Crippen LogP contribution in [0.15, 0.2) is 38.3 Å². The van der Waals surface area contributed by atoms with Crippen molar-refractivity contribution in [2.24, 2.45) is 5.92 Å². The minimum absolute atomic E-state index is 0.0316. The summed E-state index contributed by atoms with van der Waals surface area (Å²) in [5.41, 5.74) is 3.59. The number of pyridine rings is 1. The molecule has 38 heavy (non-hydrogen) atoms. The number of hydrogen-bond donors (Lipinski definition) is 0. The normalized spacial score (nSPS) is 22.8. The van der Waals surface area contributed by atoms with Gasteiger partial charge in [0.05, 0.1) is 5.39 Å². The fourth-order valence-electron chi connectivity index (χ4n) is 7.00. The third-order valence-corrected chi connectivity index (χ3v) is 8.81. The number of carbonyl (C=O) groups is 1. The molecule has 0 radical (unpaired) electrons. The van der Waals surface area contributed by atoms with Crippen molar-refractivity contribution < 1.29 is 18.7 Å². The molecule has 2 atom stereocenters. The van der Waals surface area contributed by atoms with E-state index in [-0.39, 0.29) is 41.1 Å². The summed E-state index contributed by atoms with van der Waals surface area (Å²) >= 11 is 0. The van der Waals surface area contributed by atoms with Crippen LogP contribution in [0.5, 0.6) is 11.5 Å². The Kier molecular flexibility index (Phi) is 5.26. The summed E-state index contributed by atoms with van der Waals surface area (Å²) in [7, 11) is 0. The highest BCUT2D eigenvalue weighted by atomic mass is 16.5. The first kappa shape index (κ1) is 23.6. The van der Waals surface area contributed by atoms with Gasteiger partial charge >= 0.3 is 5.63 Å². The summed E-state index contributed by atoms with van der Waals surface area (Å²) in [6, 6.07) is 7.30. The van der Waals surface area contributed by atoms with E-state index >= 15 is 0 Å². The van der Waals surface area contributed by atoms with E-state index in [2.05, 4.69) is 0 Å². The maximum Gasteiger partial charge on any atom is 0.339 e. The van der Waals surface area contributed by atoms with Crippen LogP contribution in [0.3, 0.4) is 0 Å². The lowest BCUT2D eigenvalue weighted by molar-refractivity contribution is -0.136. The Balaban J connectivity index is 1.20. The Morgan fingerprint density at radius 2 is 1.92 bits per heavy atom. The van der Waals surface area contributed by atoms with Gasteiger partial charge in [-0.1, -0.05) is 6.07 Å². The summed E-state index contributed by atoms with van der Waals surface area (Å²) in [6.07, 6.45) is 4.96. The topological polar surface area (TPSA) is 91.0 Å². The molecule has 3 aliphatic heterocycles. The van der Waals surface area contributed by atoms with Crippen LogP contribution in [0.1, 0.15) is 61.4 Å². The zero-order valence-corrected chi connectivity index (χ0v) is 21.9. The van der Waals surface area contributed by atoms with E-state index < -0.39 is 0 Å². The van der Waals surface area contributed by atoms with Crippen LogP contribution >= 0.6 is 0 Å². The van der Waals surface area contributed by atoms with E-state index in [4.69, 9.17) is 13.9 Å². The number of nitrogens with zero attached hydrogens (tertiary/aromatic N) is 2. The smallest absolute Gasteiger partial charge is 0.339 e. The summed E-state index contributed by atoms with van der Waals surface area (Å²) < 4.78 is 20.3. The second-order valence-electron chi connectivity index (χ2n) is 11.9. The maximum absolute atomic E-state index is 13.4. The molecule has 0 saturated carbocycles. The van der Waals surface area contributed by atoms with Gasteiger partial charge in [0, 0.05) is 54.5 Å². The molecule has 1 saturated heterocycles. The molecule has 0 spiro atoms. The van der Waals surface area contributed by atoms with E-state index in [0.717, 1.165) is 59.9 Å². The average molecular weight is 517 g/mol. The van der Waals surface area contributed by atoms with Gasteiger partial charge in [0.1, 0.15) is 22.7 Å². The van der Waals surface area contributed by atoms with E-state index in [1.807, 2.05) is 35.4 Å². The van der Waals surface area contributed by atoms with Crippen molar-refractivity contribution in [1.29, 1.82) is 0 Å². The van der Waals surface area contributed by atoms with Gasteiger partial charge in [0.15, 0.2) is 6.61 Å². The molecule has 8 heteroatoms. The molecule has 198 valence electrons. The summed E-state index contributed by atoms with van der Waals surface area (Å²) in [4.78, 5) is 40.4. The zero-order valence-electron chi connectivity index (χ0n) is 21.9. The Bertz CT molecular complexity index is 1600. The van der Waals surface area contributed by atoms with Crippen molar-refractivity contribution in [3.05, 3.63) is 67.4 Å². The molecule has 5 heterocycles. The van der Waals surface area contributed by atoms with Gasteiger partial charge in [-0.15, -0.1) is 0 Å². The first-order valence-electron chi connectivity index (χ1n) is 13.7. The molecule has 1 amide bonds. The average Bonchev–Trinajstić information content (AvgIpc) is 3.38. The van der Waals surface area contributed by atoms with Crippen LogP contribution in [0.2, 0.25) is 0 Å². The van der Waals surface area contributed by atoms with Gasteiger partial charge in [0.2, 0.25) is 0 Å². The largest absolute Gasteiger partial charge is 0.487 e. The van der Waals surface area contributed by atoms with Gasteiger partial charge in [-0.3, -0.25) is 9.59 Å². The monoisotopic (exact) mass is 516 g/mol. The fraction of sp³-hybridized carbons (Fsp3) is 0.500. The summed E-state index contributed by atoms with van der Waals surface area (Å²) in [5, 5.41) is 0.816. The van der Waals surface area contributed by atoms with Crippen molar-refractivity contribution in [1.82, 2.24) is 9.47 Å².